The third-order valence-corrected chi connectivity index (χ3v) is 9.65. The van der Waals surface area contributed by atoms with E-state index in [9.17, 15) is 5.26 Å². The highest BCUT2D eigenvalue weighted by Gasteiger charge is 2.33. The van der Waals surface area contributed by atoms with Crippen LogP contribution in [0.5, 0.6) is 11.5 Å². The Labute approximate surface area is 265 Å². The SMILES string of the molecule is CCCCCCCC(C#N)(CCCN1CCC(=C2c3ccccc3C=Cc3ccccc32)CC1)c1ccc(OC)c(OC)c1. The van der Waals surface area contributed by atoms with Crippen LogP contribution in [0.4, 0.5) is 0 Å². The number of rotatable bonds is 13. The van der Waals surface area contributed by atoms with E-state index in [4.69, 9.17) is 9.47 Å². The zero-order chi connectivity index (χ0) is 30.8. The second-order valence-corrected chi connectivity index (χ2v) is 12.4. The fourth-order valence-corrected chi connectivity index (χ4v) is 7.10. The van der Waals surface area contributed by atoms with E-state index >= 15 is 0 Å². The maximum atomic E-state index is 10.7. The predicted octanol–water partition coefficient (Wildman–Crippen LogP) is 9.69. The summed E-state index contributed by atoms with van der Waals surface area (Å²) in [6.07, 6.45) is 15.4. The predicted molar refractivity (Wildman–Crippen MR) is 183 cm³/mol. The van der Waals surface area contributed by atoms with Gasteiger partial charge in [-0.2, -0.15) is 5.26 Å². The molecule has 0 spiro atoms. The Balaban J connectivity index is 1.29. The number of ether oxygens (including phenoxy) is 2. The lowest BCUT2D eigenvalue weighted by atomic mass is 9.74. The van der Waals surface area contributed by atoms with Crippen molar-refractivity contribution in [3.63, 3.8) is 0 Å². The van der Waals surface area contributed by atoms with E-state index in [-0.39, 0.29) is 0 Å². The van der Waals surface area contributed by atoms with Gasteiger partial charge in [0.2, 0.25) is 0 Å². The van der Waals surface area contributed by atoms with Crippen LogP contribution in [0, 0.1) is 11.3 Å². The fourth-order valence-electron chi connectivity index (χ4n) is 7.10. The molecule has 0 N–H and O–H groups in total. The Morgan fingerprint density at radius 1 is 0.750 bits per heavy atom. The van der Waals surface area contributed by atoms with E-state index in [1.54, 1.807) is 19.8 Å². The van der Waals surface area contributed by atoms with E-state index in [0.717, 1.165) is 63.7 Å². The second-order valence-electron chi connectivity index (χ2n) is 12.4. The smallest absolute Gasteiger partial charge is 0.161 e. The van der Waals surface area contributed by atoms with E-state index in [1.807, 2.05) is 12.1 Å². The third kappa shape index (κ3) is 7.11. The van der Waals surface area contributed by atoms with Gasteiger partial charge in [-0.3, -0.25) is 0 Å². The number of unbranched alkanes of at least 4 members (excludes halogenated alkanes) is 4. The van der Waals surface area contributed by atoms with Gasteiger partial charge in [-0.15, -0.1) is 0 Å². The Morgan fingerprint density at radius 3 is 1.98 bits per heavy atom. The molecule has 3 aromatic rings. The van der Waals surface area contributed by atoms with E-state index in [2.05, 4.69) is 84.6 Å². The highest BCUT2D eigenvalue weighted by molar-refractivity contribution is 5.94. The zero-order valence-electron chi connectivity index (χ0n) is 26.9. The zero-order valence-corrected chi connectivity index (χ0v) is 26.9. The number of likely N-dealkylation sites (tertiary alicyclic amines) is 1. The summed E-state index contributed by atoms with van der Waals surface area (Å²) in [6, 6.07) is 26.5. The van der Waals surface area contributed by atoms with Gasteiger partial charge < -0.3 is 14.4 Å². The molecular formula is C40H48N2O2. The number of benzene rings is 3. The molecule has 230 valence electrons. The van der Waals surface area contributed by atoms with E-state index in [1.165, 1.54) is 53.5 Å². The molecule has 0 saturated carbocycles. The minimum Gasteiger partial charge on any atom is -0.493 e. The lowest BCUT2D eigenvalue weighted by Gasteiger charge is -2.32. The number of nitrogens with zero attached hydrogens (tertiary/aromatic N) is 2. The van der Waals surface area contributed by atoms with Gasteiger partial charge in [0.25, 0.3) is 0 Å². The fraction of sp³-hybridized carbons (Fsp3) is 0.425. The molecule has 2 aliphatic rings. The maximum Gasteiger partial charge on any atom is 0.161 e. The van der Waals surface area contributed by atoms with Crippen LogP contribution in [0.3, 0.4) is 0 Å². The van der Waals surface area contributed by atoms with Crippen molar-refractivity contribution >= 4 is 17.7 Å². The van der Waals surface area contributed by atoms with Crippen molar-refractivity contribution in [2.24, 2.45) is 0 Å². The van der Waals surface area contributed by atoms with Crippen LogP contribution in [-0.4, -0.2) is 38.8 Å². The minimum absolute atomic E-state index is 0.518. The molecule has 4 heteroatoms. The first kappa shape index (κ1) is 31.6. The average molecular weight is 589 g/mol. The van der Waals surface area contributed by atoms with Crippen molar-refractivity contribution in [3.8, 4) is 17.6 Å². The Hall–Kier alpha value is -3.81. The molecular weight excluding hydrogens is 540 g/mol. The summed E-state index contributed by atoms with van der Waals surface area (Å²) in [6.45, 7) is 5.38. The van der Waals surface area contributed by atoms with Gasteiger partial charge in [-0.05, 0) is 84.2 Å². The molecule has 1 saturated heterocycles. The summed E-state index contributed by atoms with van der Waals surface area (Å²) >= 11 is 0. The molecule has 0 amide bonds. The van der Waals surface area contributed by atoms with Gasteiger partial charge in [-0.25, -0.2) is 0 Å². The van der Waals surface area contributed by atoms with Crippen LogP contribution in [0.1, 0.15) is 98.9 Å². The first-order valence-corrected chi connectivity index (χ1v) is 16.6. The van der Waals surface area contributed by atoms with Crippen LogP contribution in [0.25, 0.3) is 17.7 Å². The first-order valence-electron chi connectivity index (χ1n) is 16.6. The summed E-state index contributed by atoms with van der Waals surface area (Å²) in [5.41, 5.74) is 8.83. The second kappa shape index (κ2) is 15.3. The molecule has 0 bridgehead atoms. The van der Waals surface area contributed by atoms with Crippen LogP contribution >= 0.6 is 0 Å². The van der Waals surface area contributed by atoms with Crippen LogP contribution in [-0.2, 0) is 5.41 Å². The Morgan fingerprint density at radius 2 is 1.36 bits per heavy atom. The average Bonchev–Trinajstić information content (AvgIpc) is 3.24. The number of methoxy groups -OCH3 is 2. The summed E-state index contributed by atoms with van der Waals surface area (Å²) < 4.78 is 11.1. The number of hydrogen-bond donors (Lipinski definition) is 0. The highest BCUT2D eigenvalue weighted by Crippen LogP contribution is 2.41. The Bertz CT molecular complexity index is 1450. The standard InChI is InChI=1S/C40H48N2O2/c1-4-5-6-7-12-24-40(30-41,34-20-21-37(43-2)38(29-34)44-3)25-13-26-42-27-22-33(23-28-42)39-35-16-10-8-14-31(35)18-19-32-15-9-11-17-36(32)39/h8-11,14-21,29H,4-7,12-13,22-28H2,1-3H3. The maximum absolute atomic E-state index is 10.7. The van der Waals surface area contributed by atoms with Gasteiger partial charge >= 0.3 is 0 Å². The molecule has 1 atom stereocenters. The van der Waals surface area contributed by atoms with E-state index < -0.39 is 5.41 Å². The number of fused-ring (bicyclic) bond motifs is 2. The lowest BCUT2D eigenvalue weighted by molar-refractivity contribution is 0.243. The molecule has 1 aliphatic carbocycles. The highest BCUT2D eigenvalue weighted by atomic mass is 16.5. The van der Waals surface area contributed by atoms with Gasteiger partial charge in [0.05, 0.1) is 25.7 Å². The van der Waals surface area contributed by atoms with Crippen molar-refractivity contribution < 1.29 is 9.47 Å². The van der Waals surface area contributed by atoms with Crippen LogP contribution in [0.15, 0.2) is 72.3 Å². The molecule has 1 unspecified atom stereocenters. The topological polar surface area (TPSA) is 45.5 Å². The van der Waals surface area contributed by atoms with Crippen molar-refractivity contribution in [1.29, 1.82) is 5.26 Å². The summed E-state index contributed by atoms with van der Waals surface area (Å²) in [5, 5.41) is 10.7. The molecule has 1 heterocycles. The number of nitriles is 1. The molecule has 3 aromatic carbocycles. The number of hydrogen-bond acceptors (Lipinski definition) is 4. The van der Waals surface area contributed by atoms with Crippen molar-refractivity contribution in [3.05, 3.63) is 100 Å². The number of piperidine rings is 1. The Kier molecular flexibility index (Phi) is 11.0. The van der Waals surface area contributed by atoms with Crippen molar-refractivity contribution in [1.82, 2.24) is 4.90 Å². The lowest BCUT2D eigenvalue weighted by Crippen LogP contribution is -2.33. The van der Waals surface area contributed by atoms with E-state index in [0.29, 0.717) is 11.5 Å². The quantitative estimate of drug-likeness (QED) is 0.146. The van der Waals surface area contributed by atoms with Gasteiger partial charge in [0, 0.05) is 13.1 Å². The van der Waals surface area contributed by atoms with Gasteiger partial charge in [0.15, 0.2) is 11.5 Å². The summed E-state index contributed by atoms with van der Waals surface area (Å²) in [5.74, 6) is 1.41. The molecule has 1 fully saturated rings. The first-order chi connectivity index (χ1) is 21.6. The molecule has 4 nitrogen and oxygen atoms in total. The summed E-state index contributed by atoms with van der Waals surface area (Å²) in [7, 11) is 3.33. The normalized spacial score (nSPS) is 16.0. The van der Waals surface area contributed by atoms with Gasteiger partial charge in [-0.1, -0.05) is 111 Å². The third-order valence-electron chi connectivity index (χ3n) is 9.65. The molecule has 44 heavy (non-hydrogen) atoms. The molecule has 0 aromatic heterocycles. The molecule has 1 aliphatic heterocycles. The minimum atomic E-state index is -0.518. The van der Waals surface area contributed by atoms with Crippen LogP contribution < -0.4 is 9.47 Å². The van der Waals surface area contributed by atoms with Crippen LogP contribution in [0.2, 0.25) is 0 Å². The largest absolute Gasteiger partial charge is 0.493 e. The van der Waals surface area contributed by atoms with Crippen molar-refractivity contribution in [2.75, 3.05) is 33.9 Å². The molecule has 0 radical (unpaired) electrons. The van der Waals surface area contributed by atoms with Crippen molar-refractivity contribution in [2.45, 2.75) is 76.5 Å². The van der Waals surface area contributed by atoms with Gasteiger partial charge in [0.1, 0.15) is 0 Å². The monoisotopic (exact) mass is 588 g/mol. The molecule has 5 rings (SSSR count). The summed E-state index contributed by atoms with van der Waals surface area (Å²) in [4.78, 5) is 2.61.